The van der Waals surface area contributed by atoms with E-state index in [0.717, 1.165) is 21.0 Å². The Bertz CT molecular complexity index is 675. The fraction of sp³-hybridized carbons (Fsp3) is 0. The minimum absolute atomic E-state index is 0.628. The van der Waals surface area contributed by atoms with Gasteiger partial charge in [0.05, 0.1) is 20.9 Å². The van der Waals surface area contributed by atoms with Crippen LogP contribution in [-0.4, -0.2) is 4.98 Å². The number of nitrogens with zero attached hydrogens (tertiary/aromatic N) is 1. The van der Waals surface area contributed by atoms with Gasteiger partial charge in [-0.2, -0.15) is 0 Å². The lowest BCUT2D eigenvalue weighted by atomic mass is 10.3. The van der Waals surface area contributed by atoms with Gasteiger partial charge in [-0.05, 0) is 30.3 Å². The van der Waals surface area contributed by atoms with Crippen LogP contribution in [0, 0.1) is 0 Å². The number of fused-ring (bicyclic) bond motifs is 1. The van der Waals surface area contributed by atoms with Gasteiger partial charge in [0.25, 0.3) is 0 Å². The summed E-state index contributed by atoms with van der Waals surface area (Å²) in [6.45, 7) is 0. The van der Waals surface area contributed by atoms with E-state index in [1.165, 1.54) is 0 Å². The zero-order chi connectivity index (χ0) is 12.5. The second-order valence-electron chi connectivity index (χ2n) is 3.85. The van der Waals surface area contributed by atoms with Gasteiger partial charge < -0.3 is 11.1 Å². The fourth-order valence-electron chi connectivity index (χ4n) is 1.68. The predicted molar refractivity (Wildman–Crippen MR) is 78.8 cm³/mol. The van der Waals surface area contributed by atoms with Gasteiger partial charge in [-0.3, -0.25) is 0 Å². The first-order valence-corrected chi connectivity index (χ1v) is 6.59. The third-order valence-electron chi connectivity index (χ3n) is 2.53. The molecular weight excluding hydrogens is 266 g/mol. The van der Waals surface area contributed by atoms with Crippen LogP contribution in [0.4, 0.5) is 16.5 Å². The number of thiazole rings is 1. The SMILES string of the molecule is Nc1ccc(Cl)c(Nc2nc3ccccc3s2)c1. The molecule has 0 bridgehead atoms. The summed E-state index contributed by atoms with van der Waals surface area (Å²) in [4.78, 5) is 4.49. The highest BCUT2D eigenvalue weighted by atomic mass is 35.5. The molecule has 0 unspecified atom stereocenters. The van der Waals surface area contributed by atoms with Crippen molar-refractivity contribution in [1.82, 2.24) is 4.98 Å². The predicted octanol–water partition coefficient (Wildman–Crippen LogP) is 4.28. The fourth-order valence-corrected chi connectivity index (χ4v) is 2.72. The van der Waals surface area contributed by atoms with Gasteiger partial charge in [-0.15, -0.1) is 0 Å². The monoisotopic (exact) mass is 275 g/mol. The standard InChI is InChI=1S/C13H10ClN3S/c14-9-6-5-8(15)7-11(9)17-13-16-10-3-1-2-4-12(10)18-13/h1-7H,15H2,(H,16,17). The number of halogens is 1. The van der Waals surface area contributed by atoms with Crippen molar-refractivity contribution in [3.8, 4) is 0 Å². The van der Waals surface area contributed by atoms with E-state index < -0.39 is 0 Å². The van der Waals surface area contributed by atoms with Crippen LogP contribution in [0.5, 0.6) is 0 Å². The normalized spacial score (nSPS) is 10.7. The highest BCUT2D eigenvalue weighted by Gasteiger charge is 2.06. The van der Waals surface area contributed by atoms with E-state index in [-0.39, 0.29) is 0 Å². The summed E-state index contributed by atoms with van der Waals surface area (Å²) in [6, 6.07) is 13.3. The van der Waals surface area contributed by atoms with Crippen LogP contribution in [0.15, 0.2) is 42.5 Å². The Morgan fingerprint density at radius 1 is 1.17 bits per heavy atom. The summed E-state index contributed by atoms with van der Waals surface area (Å²) in [6.07, 6.45) is 0. The molecule has 5 heteroatoms. The van der Waals surface area contributed by atoms with E-state index in [1.807, 2.05) is 24.3 Å². The molecule has 3 rings (SSSR count). The summed E-state index contributed by atoms with van der Waals surface area (Å²) in [5.41, 5.74) is 8.16. The zero-order valence-corrected chi connectivity index (χ0v) is 10.9. The van der Waals surface area contributed by atoms with E-state index in [4.69, 9.17) is 17.3 Å². The molecule has 3 aromatic rings. The molecule has 0 saturated heterocycles. The lowest BCUT2D eigenvalue weighted by Gasteiger charge is -2.05. The number of para-hydroxylation sites is 1. The molecule has 90 valence electrons. The lowest BCUT2D eigenvalue weighted by Crippen LogP contribution is -1.92. The van der Waals surface area contributed by atoms with E-state index in [2.05, 4.69) is 10.3 Å². The van der Waals surface area contributed by atoms with Crippen molar-refractivity contribution < 1.29 is 0 Å². The molecule has 18 heavy (non-hydrogen) atoms. The molecule has 1 heterocycles. The maximum absolute atomic E-state index is 6.10. The molecule has 0 atom stereocenters. The van der Waals surface area contributed by atoms with Crippen molar-refractivity contribution in [3.05, 3.63) is 47.5 Å². The number of hydrogen-bond donors (Lipinski definition) is 2. The number of aromatic nitrogens is 1. The molecular formula is C13H10ClN3S. The largest absolute Gasteiger partial charge is 0.399 e. The number of nitrogen functional groups attached to an aromatic ring is 1. The molecule has 0 saturated carbocycles. The Balaban J connectivity index is 1.98. The van der Waals surface area contributed by atoms with Crippen LogP contribution in [-0.2, 0) is 0 Å². The van der Waals surface area contributed by atoms with Crippen molar-refractivity contribution >= 4 is 49.7 Å². The molecule has 0 radical (unpaired) electrons. The van der Waals surface area contributed by atoms with Crippen molar-refractivity contribution in [3.63, 3.8) is 0 Å². The first-order valence-electron chi connectivity index (χ1n) is 5.40. The van der Waals surface area contributed by atoms with Gasteiger partial charge in [0, 0.05) is 5.69 Å². The smallest absolute Gasteiger partial charge is 0.188 e. The molecule has 3 N–H and O–H groups in total. The summed E-state index contributed by atoms with van der Waals surface area (Å²) in [5.74, 6) is 0. The third kappa shape index (κ3) is 2.12. The quantitative estimate of drug-likeness (QED) is 0.687. The molecule has 0 aliphatic carbocycles. The molecule has 0 amide bonds. The second-order valence-corrected chi connectivity index (χ2v) is 5.29. The first-order chi connectivity index (χ1) is 8.72. The van der Waals surface area contributed by atoms with Gasteiger partial charge in [-0.1, -0.05) is 35.1 Å². The highest BCUT2D eigenvalue weighted by Crippen LogP contribution is 2.31. The molecule has 0 aliphatic heterocycles. The average molecular weight is 276 g/mol. The molecule has 0 spiro atoms. The lowest BCUT2D eigenvalue weighted by molar-refractivity contribution is 1.44. The Morgan fingerprint density at radius 2 is 2.00 bits per heavy atom. The first kappa shape index (κ1) is 11.3. The average Bonchev–Trinajstić information content (AvgIpc) is 2.76. The Hall–Kier alpha value is -1.78. The summed E-state index contributed by atoms with van der Waals surface area (Å²) >= 11 is 7.69. The summed E-state index contributed by atoms with van der Waals surface area (Å²) in [5, 5.41) is 4.64. The van der Waals surface area contributed by atoms with Crippen LogP contribution in [0.1, 0.15) is 0 Å². The van der Waals surface area contributed by atoms with Crippen LogP contribution in [0.25, 0.3) is 10.2 Å². The maximum Gasteiger partial charge on any atom is 0.188 e. The van der Waals surface area contributed by atoms with Crippen molar-refractivity contribution in [1.29, 1.82) is 0 Å². The minimum atomic E-state index is 0.628. The minimum Gasteiger partial charge on any atom is -0.399 e. The third-order valence-corrected chi connectivity index (χ3v) is 3.81. The van der Waals surface area contributed by atoms with Crippen LogP contribution in [0.2, 0.25) is 5.02 Å². The van der Waals surface area contributed by atoms with E-state index >= 15 is 0 Å². The summed E-state index contributed by atoms with van der Waals surface area (Å²) < 4.78 is 1.14. The maximum atomic E-state index is 6.10. The second kappa shape index (κ2) is 4.48. The van der Waals surface area contributed by atoms with Gasteiger partial charge in [0.2, 0.25) is 0 Å². The van der Waals surface area contributed by atoms with Crippen molar-refractivity contribution in [2.75, 3.05) is 11.1 Å². The van der Waals surface area contributed by atoms with Crippen LogP contribution >= 0.6 is 22.9 Å². The van der Waals surface area contributed by atoms with Gasteiger partial charge in [0.15, 0.2) is 5.13 Å². The van der Waals surface area contributed by atoms with Gasteiger partial charge in [0.1, 0.15) is 0 Å². The molecule has 3 nitrogen and oxygen atoms in total. The number of anilines is 3. The molecule has 0 aliphatic rings. The van der Waals surface area contributed by atoms with Crippen LogP contribution < -0.4 is 11.1 Å². The van der Waals surface area contributed by atoms with Crippen molar-refractivity contribution in [2.24, 2.45) is 0 Å². The van der Waals surface area contributed by atoms with Gasteiger partial charge in [-0.25, -0.2) is 4.98 Å². The number of nitrogens with two attached hydrogens (primary N) is 1. The Labute approximate surface area is 113 Å². The number of nitrogens with one attached hydrogen (secondary N) is 1. The Kier molecular flexibility index (Phi) is 2.81. The molecule has 1 aromatic heterocycles. The van der Waals surface area contributed by atoms with E-state index in [9.17, 15) is 0 Å². The van der Waals surface area contributed by atoms with E-state index in [0.29, 0.717) is 10.7 Å². The summed E-state index contributed by atoms with van der Waals surface area (Å²) in [7, 11) is 0. The highest BCUT2D eigenvalue weighted by molar-refractivity contribution is 7.22. The van der Waals surface area contributed by atoms with Crippen molar-refractivity contribution in [2.45, 2.75) is 0 Å². The zero-order valence-electron chi connectivity index (χ0n) is 9.35. The Morgan fingerprint density at radius 3 is 2.83 bits per heavy atom. The molecule has 2 aromatic carbocycles. The van der Waals surface area contributed by atoms with Gasteiger partial charge >= 0.3 is 0 Å². The number of rotatable bonds is 2. The number of benzene rings is 2. The van der Waals surface area contributed by atoms with Crippen LogP contribution in [0.3, 0.4) is 0 Å². The van der Waals surface area contributed by atoms with E-state index in [1.54, 1.807) is 29.5 Å². The topological polar surface area (TPSA) is 50.9 Å². The molecule has 0 fully saturated rings. The number of hydrogen-bond acceptors (Lipinski definition) is 4.